The molecule has 88 valence electrons. The van der Waals surface area contributed by atoms with Gasteiger partial charge >= 0.3 is 0 Å². The summed E-state index contributed by atoms with van der Waals surface area (Å²) in [5, 5.41) is 3.60. The highest BCUT2D eigenvalue weighted by atomic mass is 16.5. The molecule has 1 saturated carbocycles. The van der Waals surface area contributed by atoms with Crippen molar-refractivity contribution in [3.8, 4) is 0 Å². The van der Waals surface area contributed by atoms with Gasteiger partial charge in [-0.05, 0) is 44.6 Å². The van der Waals surface area contributed by atoms with Crippen molar-refractivity contribution in [3.05, 3.63) is 0 Å². The highest BCUT2D eigenvalue weighted by molar-refractivity contribution is 4.78. The SMILES string of the molecule is CC1CCC(CNCC2CCCC2C)O1. The zero-order valence-corrected chi connectivity index (χ0v) is 10.2. The molecule has 0 spiro atoms. The summed E-state index contributed by atoms with van der Waals surface area (Å²) in [7, 11) is 0. The van der Waals surface area contributed by atoms with E-state index in [1.54, 1.807) is 0 Å². The van der Waals surface area contributed by atoms with Gasteiger partial charge in [0.05, 0.1) is 12.2 Å². The minimum Gasteiger partial charge on any atom is -0.374 e. The fourth-order valence-electron chi connectivity index (χ4n) is 2.99. The second-order valence-electron chi connectivity index (χ2n) is 5.47. The molecule has 2 nitrogen and oxygen atoms in total. The molecule has 15 heavy (non-hydrogen) atoms. The summed E-state index contributed by atoms with van der Waals surface area (Å²) in [4.78, 5) is 0. The van der Waals surface area contributed by atoms with Crippen LogP contribution in [0.15, 0.2) is 0 Å². The smallest absolute Gasteiger partial charge is 0.0704 e. The number of rotatable bonds is 4. The van der Waals surface area contributed by atoms with Crippen molar-refractivity contribution >= 4 is 0 Å². The fourth-order valence-corrected chi connectivity index (χ4v) is 2.99. The molecule has 1 saturated heterocycles. The molecule has 1 aliphatic heterocycles. The van der Waals surface area contributed by atoms with Crippen LogP contribution in [0.4, 0.5) is 0 Å². The van der Waals surface area contributed by atoms with Crippen LogP contribution in [-0.4, -0.2) is 25.3 Å². The fraction of sp³-hybridized carbons (Fsp3) is 1.00. The molecular weight excluding hydrogens is 186 g/mol. The predicted octanol–water partition coefficient (Wildman–Crippen LogP) is 2.58. The number of hydrogen-bond donors (Lipinski definition) is 1. The molecule has 2 heteroatoms. The quantitative estimate of drug-likeness (QED) is 0.771. The van der Waals surface area contributed by atoms with E-state index in [1.807, 2.05) is 0 Å². The van der Waals surface area contributed by atoms with E-state index < -0.39 is 0 Å². The van der Waals surface area contributed by atoms with Gasteiger partial charge in [-0.15, -0.1) is 0 Å². The third-order valence-corrected chi connectivity index (χ3v) is 4.14. The topological polar surface area (TPSA) is 21.3 Å². The molecule has 0 radical (unpaired) electrons. The normalized spacial score (nSPS) is 41.2. The van der Waals surface area contributed by atoms with E-state index in [4.69, 9.17) is 4.74 Å². The first-order valence-electron chi connectivity index (χ1n) is 6.62. The third kappa shape index (κ3) is 3.18. The zero-order valence-electron chi connectivity index (χ0n) is 10.2. The van der Waals surface area contributed by atoms with Gasteiger partial charge in [-0.25, -0.2) is 0 Å². The van der Waals surface area contributed by atoms with Crippen LogP contribution in [-0.2, 0) is 4.74 Å². The first-order valence-corrected chi connectivity index (χ1v) is 6.62. The summed E-state index contributed by atoms with van der Waals surface area (Å²) in [6.07, 6.45) is 7.75. The van der Waals surface area contributed by atoms with Crippen molar-refractivity contribution in [3.63, 3.8) is 0 Å². The maximum absolute atomic E-state index is 5.79. The van der Waals surface area contributed by atoms with Gasteiger partial charge < -0.3 is 10.1 Å². The third-order valence-electron chi connectivity index (χ3n) is 4.14. The van der Waals surface area contributed by atoms with E-state index in [1.165, 1.54) is 38.6 Å². The molecule has 1 aliphatic carbocycles. The summed E-state index contributed by atoms with van der Waals surface area (Å²) in [6, 6.07) is 0. The van der Waals surface area contributed by atoms with Crippen LogP contribution < -0.4 is 5.32 Å². The highest BCUT2D eigenvalue weighted by Gasteiger charge is 2.24. The van der Waals surface area contributed by atoms with Crippen LogP contribution in [0.5, 0.6) is 0 Å². The Morgan fingerprint density at radius 2 is 1.93 bits per heavy atom. The van der Waals surface area contributed by atoms with Crippen molar-refractivity contribution in [1.82, 2.24) is 5.32 Å². The molecule has 1 N–H and O–H groups in total. The molecule has 2 fully saturated rings. The Bertz CT molecular complexity index is 195. The number of nitrogens with one attached hydrogen (secondary N) is 1. The van der Waals surface area contributed by atoms with E-state index in [0.29, 0.717) is 12.2 Å². The van der Waals surface area contributed by atoms with Gasteiger partial charge in [0, 0.05) is 6.54 Å². The standard InChI is InChI=1S/C13H25NO/c1-10-4-3-5-12(10)8-14-9-13-7-6-11(2)15-13/h10-14H,3-9H2,1-2H3. The molecule has 0 amide bonds. The van der Waals surface area contributed by atoms with Crippen molar-refractivity contribution in [2.45, 2.75) is 58.2 Å². The van der Waals surface area contributed by atoms with Crippen molar-refractivity contribution < 1.29 is 4.74 Å². The maximum Gasteiger partial charge on any atom is 0.0704 e. The van der Waals surface area contributed by atoms with Crippen LogP contribution in [0.2, 0.25) is 0 Å². The Morgan fingerprint density at radius 3 is 2.53 bits per heavy atom. The molecule has 1 heterocycles. The van der Waals surface area contributed by atoms with E-state index in [9.17, 15) is 0 Å². The maximum atomic E-state index is 5.79. The summed E-state index contributed by atoms with van der Waals surface area (Å²) < 4.78 is 5.79. The summed E-state index contributed by atoms with van der Waals surface area (Å²) in [5.74, 6) is 1.85. The second kappa shape index (κ2) is 5.31. The van der Waals surface area contributed by atoms with Gasteiger partial charge in [0.15, 0.2) is 0 Å². The Labute approximate surface area is 93.8 Å². The molecule has 4 unspecified atom stereocenters. The number of ether oxygens (including phenoxy) is 1. The van der Waals surface area contributed by atoms with Crippen LogP contribution in [0.3, 0.4) is 0 Å². The Kier molecular flexibility index (Phi) is 4.04. The Balaban J connectivity index is 1.58. The van der Waals surface area contributed by atoms with Gasteiger partial charge in [0.25, 0.3) is 0 Å². The van der Waals surface area contributed by atoms with E-state index in [-0.39, 0.29) is 0 Å². The Hall–Kier alpha value is -0.0800. The lowest BCUT2D eigenvalue weighted by molar-refractivity contribution is 0.0553. The van der Waals surface area contributed by atoms with Gasteiger partial charge in [-0.2, -0.15) is 0 Å². The molecule has 0 aromatic carbocycles. The predicted molar refractivity (Wildman–Crippen MR) is 62.9 cm³/mol. The first-order chi connectivity index (χ1) is 7.25. The van der Waals surface area contributed by atoms with Crippen molar-refractivity contribution in [1.29, 1.82) is 0 Å². The van der Waals surface area contributed by atoms with E-state index >= 15 is 0 Å². The van der Waals surface area contributed by atoms with Gasteiger partial charge in [0.1, 0.15) is 0 Å². The second-order valence-corrected chi connectivity index (χ2v) is 5.47. The van der Waals surface area contributed by atoms with Gasteiger partial charge in [-0.3, -0.25) is 0 Å². The number of hydrogen-bond acceptors (Lipinski definition) is 2. The van der Waals surface area contributed by atoms with Crippen molar-refractivity contribution in [2.75, 3.05) is 13.1 Å². The zero-order chi connectivity index (χ0) is 10.7. The highest BCUT2D eigenvalue weighted by Crippen LogP contribution is 2.30. The Morgan fingerprint density at radius 1 is 1.07 bits per heavy atom. The lowest BCUT2D eigenvalue weighted by Crippen LogP contribution is -2.31. The van der Waals surface area contributed by atoms with E-state index in [0.717, 1.165) is 18.4 Å². The van der Waals surface area contributed by atoms with Crippen LogP contribution in [0.25, 0.3) is 0 Å². The minimum atomic E-state index is 0.483. The molecule has 2 aliphatic rings. The van der Waals surface area contributed by atoms with Crippen molar-refractivity contribution in [2.24, 2.45) is 11.8 Å². The first kappa shape index (κ1) is 11.4. The monoisotopic (exact) mass is 211 g/mol. The molecule has 0 bridgehead atoms. The average molecular weight is 211 g/mol. The lowest BCUT2D eigenvalue weighted by atomic mass is 9.98. The van der Waals surface area contributed by atoms with E-state index in [2.05, 4.69) is 19.2 Å². The summed E-state index contributed by atoms with van der Waals surface area (Å²) in [5.41, 5.74) is 0. The molecule has 4 atom stereocenters. The summed E-state index contributed by atoms with van der Waals surface area (Å²) in [6.45, 7) is 6.84. The molecule has 0 aromatic heterocycles. The average Bonchev–Trinajstić information content (AvgIpc) is 2.77. The minimum absolute atomic E-state index is 0.483. The largest absolute Gasteiger partial charge is 0.374 e. The molecule has 2 rings (SSSR count). The van der Waals surface area contributed by atoms with Gasteiger partial charge in [-0.1, -0.05) is 19.8 Å². The van der Waals surface area contributed by atoms with Crippen LogP contribution in [0, 0.1) is 11.8 Å². The lowest BCUT2D eigenvalue weighted by Gasteiger charge is -2.18. The van der Waals surface area contributed by atoms with Gasteiger partial charge in [0.2, 0.25) is 0 Å². The molecule has 0 aromatic rings. The van der Waals surface area contributed by atoms with Crippen LogP contribution >= 0.6 is 0 Å². The summed E-state index contributed by atoms with van der Waals surface area (Å²) >= 11 is 0. The molecular formula is C13H25NO. The van der Waals surface area contributed by atoms with Crippen LogP contribution in [0.1, 0.15) is 46.0 Å².